The molecule has 0 aromatic carbocycles. The summed E-state index contributed by atoms with van der Waals surface area (Å²) in [6, 6.07) is 0. The molecule has 0 radical (unpaired) electrons. The average Bonchev–Trinajstić information content (AvgIpc) is 2.22. The molecular weight excluding hydrogens is 356 g/mol. The van der Waals surface area contributed by atoms with Gasteiger partial charge < -0.3 is 31.4 Å². The van der Waals surface area contributed by atoms with Crippen LogP contribution in [-0.2, 0) is 51.8 Å². The van der Waals surface area contributed by atoms with Crippen LogP contribution in [0, 0.1) is 0 Å². The molecule has 0 amide bonds. The van der Waals surface area contributed by atoms with Crippen LogP contribution in [-0.4, -0.2) is 93.4 Å². The van der Waals surface area contributed by atoms with Gasteiger partial charge >= 0.3 is 45.6 Å². The van der Waals surface area contributed by atoms with Gasteiger partial charge in [-0.2, -0.15) is 0 Å². The van der Waals surface area contributed by atoms with Gasteiger partial charge in [0, 0.05) is 13.1 Å². The van der Waals surface area contributed by atoms with Crippen LogP contribution in [0.2, 0.25) is 0 Å². The van der Waals surface area contributed by atoms with E-state index in [0.29, 0.717) is 0 Å². The van der Waals surface area contributed by atoms with E-state index in [0.717, 1.165) is 9.80 Å². The van der Waals surface area contributed by atoms with Crippen molar-refractivity contribution in [2.24, 2.45) is 0 Å². The Labute approximate surface area is 145 Å². The first kappa shape index (κ1) is 29.4. The Morgan fingerprint density at radius 3 is 0.870 bits per heavy atom. The molecule has 0 spiro atoms. The third-order valence-electron chi connectivity index (χ3n) is 2.17. The Hall–Kier alpha value is -1.57. The summed E-state index contributed by atoms with van der Waals surface area (Å²) in [5, 5.41) is 34.5. The van der Waals surface area contributed by atoms with E-state index >= 15 is 0 Å². The van der Waals surface area contributed by atoms with Crippen molar-refractivity contribution in [1.82, 2.24) is 9.80 Å². The molecule has 0 aromatic rings. The Bertz CT molecular complexity index is 324. The van der Waals surface area contributed by atoms with Gasteiger partial charge in [0.1, 0.15) is 0 Å². The first-order valence-electron chi connectivity index (χ1n) is 5.52. The smallest absolute Gasteiger partial charge is 2.00 e. The number of hydrogen-bond donors (Lipinski definition) is 4. The summed E-state index contributed by atoms with van der Waals surface area (Å²) in [5.41, 5.74) is 0. The maximum Gasteiger partial charge on any atom is 4.00 e. The normalized spacial score (nSPS) is 9.30. The number of aliphatic carboxylic acids is 4. The third-order valence-corrected chi connectivity index (χ3v) is 2.17. The second-order valence-electron chi connectivity index (χ2n) is 4.00. The Kier molecular flexibility index (Phi) is 19.6. The summed E-state index contributed by atoms with van der Waals surface area (Å²) in [7, 11) is 0. The van der Waals surface area contributed by atoms with Crippen molar-refractivity contribution in [2.45, 2.75) is 0 Å². The summed E-state index contributed by atoms with van der Waals surface area (Å²) >= 11 is 0. The van der Waals surface area contributed by atoms with Crippen molar-refractivity contribution in [1.29, 1.82) is 0 Å². The SMILES string of the molecule is O=C(O)CN(CCN(CC(=O)O)CC(=O)O)CC(=O)O.[O-2].[O-2].[Ti+4]. The molecular formula is C10H16N2O10Ti. The summed E-state index contributed by atoms with van der Waals surface area (Å²) in [5.74, 6) is -4.91. The largest absolute Gasteiger partial charge is 4.00 e. The van der Waals surface area contributed by atoms with Crippen molar-refractivity contribution in [3.8, 4) is 0 Å². The Morgan fingerprint density at radius 1 is 0.565 bits per heavy atom. The second kappa shape index (κ2) is 15.3. The molecule has 0 saturated carbocycles. The van der Waals surface area contributed by atoms with Gasteiger partial charge in [-0.1, -0.05) is 0 Å². The van der Waals surface area contributed by atoms with Crippen LogP contribution in [0.1, 0.15) is 0 Å². The fourth-order valence-corrected chi connectivity index (χ4v) is 1.48. The zero-order valence-electron chi connectivity index (χ0n) is 11.9. The maximum atomic E-state index is 10.6. The summed E-state index contributed by atoms with van der Waals surface area (Å²) < 4.78 is 0. The van der Waals surface area contributed by atoms with E-state index in [9.17, 15) is 19.2 Å². The average molecular weight is 372 g/mol. The monoisotopic (exact) mass is 372 g/mol. The minimum absolute atomic E-state index is 0. The molecule has 0 saturated heterocycles. The van der Waals surface area contributed by atoms with E-state index in [-0.39, 0.29) is 45.8 Å². The molecule has 12 nitrogen and oxygen atoms in total. The molecule has 23 heavy (non-hydrogen) atoms. The minimum atomic E-state index is -1.23. The first-order chi connectivity index (χ1) is 9.20. The van der Waals surface area contributed by atoms with Crippen LogP contribution in [0.4, 0.5) is 0 Å². The molecule has 4 N–H and O–H groups in total. The van der Waals surface area contributed by atoms with E-state index in [1.807, 2.05) is 0 Å². The molecule has 0 rings (SSSR count). The third kappa shape index (κ3) is 18.4. The fraction of sp³-hybridized carbons (Fsp3) is 0.600. The Morgan fingerprint density at radius 2 is 0.739 bits per heavy atom. The van der Waals surface area contributed by atoms with Gasteiger partial charge in [-0.05, 0) is 0 Å². The van der Waals surface area contributed by atoms with Crippen LogP contribution in [0.3, 0.4) is 0 Å². The predicted molar refractivity (Wildman–Crippen MR) is 64.8 cm³/mol. The summed E-state index contributed by atoms with van der Waals surface area (Å²) in [4.78, 5) is 44.4. The van der Waals surface area contributed by atoms with Crippen molar-refractivity contribution in [3.05, 3.63) is 0 Å². The summed E-state index contributed by atoms with van der Waals surface area (Å²) in [6.07, 6.45) is 0. The molecule has 130 valence electrons. The number of hydrogen-bond acceptors (Lipinski definition) is 6. The van der Waals surface area contributed by atoms with E-state index in [4.69, 9.17) is 20.4 Å². The van der Waals surface area contributed by atoms with Crippen molar-refractivity contribution in [3.63, 3.8) is 0 Å². The predicted octanol–water partition coefficient (Wildman–Crippen LogP) is -2.31. The van der Waals surface area contributed by atoms with Gasteiger partial charge in [-0.15, -0.1) is 0 Å². The second-order valence-corrected chi connectivity index (χ2v) is 4.00. The molecule has 0 atom stereocenters. The molecule has 0 bridgehead atoms. The quantitative estimate of drug-likeness (QED) is 0.284. The van der Waals surface area contributed by atoms with Crippen LogP contribution in [0.15, 0.2) is 0 Å². The van der Waals surface area contributed by atoms with E-state index in [1.54, 1.807) is 0 Å². The number of rotatable bonds is 11. The molecule has 0 unspecified atom stereocenters. The van der Waals surface area contributed by atoms with Crippen LogP contribution in [0.25, 0.3) is 0 Å². The maximum absolute atomic E-state index is 10.6. The molecule has 0 aliphatic rings. The molecule has 0 aliphatic heterocycles. The number of carbonyl (C=O) groups is 4. The van der Waals surface area contributed by atoms with Crippen molar-refractivity contribution in [2.75, 3.05) is 39.3 Å². The topological polar surface area (TPSA) is 213 Å². The van der Waals surface area contributed by atoms with E-state index in [1.165, 1.54) is 0 Å². The standard InChI is InChI=1S/C10H16N2O8.2O.Ti/c13-7(14)3-11(4-8(15)16)1-2-12(5-9(17)18)6-10(19)20;;;/h1-6H2,(H,13,14)(H,15,16)(H,17,18)(H,19,20);;;/q;2*-2;+4. The van der Waals surface area contributed by atoms with Crippen LogP contribution >= 0.6 is 0 Å². The van der Waals surface area contributed by atoms with Gasteiger partial charge in [-0.3, -0.25) is 29.0 Å². The van der Waals surface area contributed by atoms with Gasteiger partial charge in [0.2, 0.25) is 0 Å². The van der Waals surface area contributed by atoms with Gasteiger partial charge in [0.25, 0.3) is 0 Å². The molecule has 13 heteroatoms. The molecule has 0 aliphatic carbocycles. The van der Waals surface area contributed by atoms with E-state index < -0.39 is 50.1 Å². The minimum Gasteiger partial charge on any atom is -2.00 e. The van der Waals surface area contributed by atoms with Crippen LogP contribution < -0.4 is 0 Å². The zero-order chi connectivity index (χ0) is 15.7. The first-order valence-corrected chi connectivity index (χ1v) is 5.52. The van der Waals surface area contributed by atoms with Crippen LogP contribution in [0.5, 0.6) is 0 Å². The number of carboxylic acid groups (broad SMARTS) is 4. The summed E-state index contributed by atoms with van der Waals surface area (Å²) in [6.45, 7) is -2.25. The molecule has 0 aromatic heterocycles. The van der Waals surface area contributed by atoms with Crippen molar-refractivity contribution < 1.29 is 72.3 Å². The number of nitrogens with zero attached hydrogens (tertiary/aromatic N) is 2. The number of carboxylic acids is 4. The van der Waals surface area contributed by atoms with Gasteiger partial charge in [-0.25, -0.2) is 0 Å². The zero-order valence-corrected chi connectivity index (χ0v) is 13.4. The Balaban J connectivity index is -0.000000602. The van der Waals surface area contributed by atoms with Crippen molar-refractivity contribution >= 4 is 23.9 Å². The van der Waals surface area contributed by atoms with Gasteiger partial charge in [0.05, 0.1) is 26.2 Å². The molecule has 0 fully saturated rings. The van der Waals surface area contributed by atoms with Gasteiger partial charge in [0.15, 0.2) is 0 Å². The molecule has 0 heterocycles. The fourth-order valence-electron chi connectivity index (χ4n) is 1.48. The van der Waals surface area contributed by atoms with E-state index in [2.05, 4.69) is 0 Å².